The molecule has 2 aliphatic rings. The van der Waals surface area contributed by atoms with Gasteiger partial charge in [-0.15, -0.1) is 11.3 Å². The number of piperazine rings is 1. The van der Waals surface area contributed by atoms with Gasteiger partial charge in [0.25, 0.3) is 0 Å². The third-order valence-electron chi connectivity index (χ3n) is 6.59. The molecule has 0 N–H and O–H groups in total. The van der Waals surface area contributed by atoms with Crippen LogP contribution in [0.25, 0.3) is 10.2 Å². The Hall–Kier alpha value is -1.69. The lowest BCUT2D eigenvalue weighted by atomic mass is 9.89. The second-order valence-corrected chi connectivity index (χ2v) is 10.3. The highest BCUT2D eigenvalue weighted by atomic mass is 32.1. The number of thiophene rings is 1. The highest BCUT2D eigenvalue weighted by molar-refractivity contribution is 7.19. The summed E-state index contributed by atoms with van der Waals surface area (Å²) in [6.07, 6.45) is 4.61. The average molecular weight is 415 g/mol. The van der Waals surface area contributed by atoms with Crippen LogP contribution in [0.15, 0.2) is 0 Å². The number of hydrogen-bond donors (Lipinski definition) is 0. The van der Waals surface area contributed by atoms with Gasteiger partial charge in [-0.1, -0.05) is 34.6 Å². The Balaban J connectivity index is 1.71. The molecule has 4 rings (SSSR count). The van der Waals surface area contributed by atoms with Crippen molar-refractivity contribution in [1.82, 2.24) is 14.9 Å². The van der Waals surface area contributed by atoms with E-state index >= 15 is 0 Å². The molecular weight excluding hydrogens is 380 g/mol. The van der Waals surface area contributed by atoms with Gasteiger partial charge in [-0.2, -0.15) is 0 Å². The summed E-state index contributed by atoms with van der Waals surface area (Å²) in [4.78, 5) is 29.6. The summed E-state index contributed by atoms with van der Waals surface area (Å²) in [5.41, 5.74) is 1.49. The summed E-state index contributed by atoms with van der Waals surface area (Å²) < 4.78 is 0. The normalized spacial score (nSPS) is 21.0. The molecule has 5 nitrogen and oxygen atoms in total. The van der Waals surface area contributed by atoms with Crippen LogP contribution in [0.1, 0.15) is 69.6 Å². The molecule has 1 aliphatic carbocycles. The third-order valence-corrected chi connectivity index (χ3v) is 7.74. The van der Waals surface area contributed by atoms with Crippen LogP contribution in [0.3, 0.4) is 0 Å². The van der Waals surface area contributed by atoms with Crippen LogP contribution >= 0.6 is 11.3 Å². The van der Waals surface area contributed by atoms with Crippen LogP contribution in [0, 0.1) is 11.8 Å². The van der Waals surface area contributed by atoms with Gasteiger partial charge < -0.3 is 9.80 Å². The molecule has 1 amide bonds. The average Bonchev–Trinajstić information content (AvgIpc) is 3.09. The van der Waals surface area contributed by atoms with Crippen molar-refractivity contribution in [2.75, 3.05) is 31.1 Å². The smallest absolute Gasteiger partial charge is 0.225 e. The van der Waals surface area contributed by atoms with Crippen LogP contribution in [0.2, 0.25) is 0 Å². The fourth-order valence-corrected chi connectivity index (χ4v) is 5.86. The predicted molar refractivity (Wildman–Crippen MR) is 121 cm³/mol. The van der Waals surface area contributed by atoms with Gasteiger partial charge in [0.05, 0.1) is 5.39 Å². The number of fused-ring (bicyclic) bond motifs is 3. The number of hydrogen-bond acceptors (Lipinski definition) is 5. The van der Waals surface area contributed by atoms with Gasteiger partial charge in [0.15, 0.2) is 0 Å². The molecule has 6 heteroatoms. The lowest BCUT2D eigenvalue weighted by molar-refractivity contribution is -0.134. The third kappa shape index (κ3) is 3.88. The predicted octanol–water partition coefficient (Wildman–Crippen LogP) is 4.63. The van der Waals surface area contributed by atoms with E-state index in [0.29, 0.717) is 5.92 Å². The largest absolute Gasteiger partial charge is 0.352 e. The van der Waals surface area contributed by atoms with Crippen molar-refractivity contribution < 1.29 is 4.79 Å². The Kier molecular flexibility index (Phi) is 5.83. The second kappa shape index (κ2) is 8.21. The molecule has 0 unspecified atom stereocenters. The Bertz CT molecular complexity index is 898. The zero-order chi connectivity index (χ0) is 20.7. The monoisotopic (exact) mass is 414 g/mol. The lowest BCUT2D eigenvalue weighted by Crippen LogP contribution is -2.50. The van der Waals surface area contributed by atoms with E-state index in [1.807, 2.05) is 30.1 Å². The van der Waals surface area contributed by atoms with Crippen LogP contribution in [0.4, 0.5) is 5.82 Å². The number of amides is 1. The molecule has 0 saturated carbocycles. The van der Waals surface area contributed by atoms with Crippen molar-refractivity contribution in [3.05, 3.63) is 16.3 Å². The summed E-state index contributed by atoms with van der Waals surface area (Å²) in [7, 11) is 0. The van der Waals surface area contributed by atoms with E-state index in [1.165, 1.54) is 33.5 Å². The molecule has 1 saturated heterocycles. The van der Waals surface area contributed by atoms with Crippen molar-refractivity contribution in [3.63, 3.8) is 0 Å². The number of nitrogens with zero attached hydrogens (tertiary/aromatic N) is 4. The maximum Gasteiger partial charge on any atom is 0.225 e. The molecule has 3 heterocycles. The van der Waals surface area contributed by atoms with E-state index in [0.717, 1.165) is 56.6 Å². The minimum atomic E-state index is 0.0650. The fraction of sp³-hybridized carbons (Fsp3) is 0.696. The van der Waals surface area contributed by atoms with Crippen molar-refractivity contribution in [2.24, 2.45) is 11.8 Å². The van der Waals surface area contributed by atoms with Crippen LogP contribution in [-0.2, 0) is 17.6 Å². The minimum absolute atomic E-state index is 0.0650. The maximum absolute atomic E-state index is 12.4. The molecule has 0 bridgehead atoms. The van der Waals surface area contributed by atoms with Crippen molar-refractivity contribution in [1.29, 1.82) is 0 Å². The van der Waals surface area contributed by atoms with E-state index in [9.17, 15) is 4.79 Å². The van der Waals surface area contributed by atoms with E-state index < -0.39 is 0 Å². The van der Waals surface area contributed by atoms with Crippen LogP contribution in [0.5, 0.6) is 0 Å². The van der Waals surface area contributed by atoms with Gasteiger partial charge in [-0.3, -0.25) is 4.79 Å². The highest BCUT2D eigenvalue weighted by Crippen LogP contribution is 2.41. The van der Waals surface area contributed by atoms with Gasteiger partial charge in [0.1, 0.15) is 16.5 Å². The first-order chi connectivity index (χ1) is 13.9. The van der Waals surface area contributed by atoms with E-state index in [-0.39, 0.29) is 11.8 Å². The van der Waals surface area contributed by atoms with Gasteiger partial charge in [-0.25, -0.2) is 9.97 Å². The first kappa shape index (κ1) is 20.6. The molecule has 0 radical (unpaired) electrons. The number of anilines is 1. The Morgan fingerprint density at radius 1 is 1.17 bits per heavy atom. The number of aryl methyl sites for hydroxylation is 1. The Labute approximate surface area is 178 Å². The molecule has 2 aromatic heterocycles. The molecule has 1 aliphatic heterocycles. The highest BCUT2D eigenvalue weighted by Gasteiger charge is 2.29. The zero-order valence-corrected chi connectivity index (χ0v) is 19.3. The lowest BCUT2D eigenvalue weighted by Gasteiger charge is -2.36. The molecule has 29 heavy (non-hydrogen) atoms. The molecule has 1 fully saturated rings. The molecule has 0 spiro atoms. The molecule has 2 aromatic rings. The number of rotatable bonds is 4. The maximum atomic E-state index is 12.4. The Morgan fingerprint density at radius 2 is 1.90 bits per heavy atom. The summed E-state index contributed by atoms with van der Waals surface area (Å²) in [6.45, 7) is 14.0. The van der Waals surface area contributed by atoms with E-state index in [1.54, 1.807) is 0 Å². The Morgan fingerprint density at radius 3 is 2.55 bits per heavy atom. The first-order valence-corrected chi connectivity index (χ1v) is 12.1. The SMILES string of the molecule is CC[C@@H](C)c1nc(N2CCN(C(=O)C(C)C)CC2)c2c3c(sc2n1)C[C@@H](C)CC3. The van der Waals surface area contributed by atoms with Gasteiger partial charge in [0.2, 0.25) is 5.91 Å². The number of aromatic nitrogens is 2. The van der Waals surface area contributed by atoms with Crippen molar-refractivity contribution in [2.45, 2.75) is 66.2 Å². The molecule has 2 atom stereocenters. The van der Waals surface area contributed by atoms with Crippen LogP contribution < -0.4 is 4.90 Å². The summed E-state index contributed by atoms with van der Waals surface area (Å²) in [6, 6.07) is 0. The number of carbonyl (C=O) groups excluding carboxylic acids is 1. The fourth-order valence-electron chi connectivity index (χ4n) is 4.47. The van der Waals surface area contributed by atoms with Gasteiger partial charge >= 0.3 is 0 Å². The van der Waals surface area contributed by atoms with Gasteiger partial charge in [-0.05, 0) is 37.2 Å². The standard InChI is InChI=1S/C23H34N4OS/c1-6-16(5)20-24-21(26-9-11-27(12-10-26)23(28)14(2)3)19-17-8-7-15(4)13-18(17)29-22(19)25-20/h14-16H,6-13H2,1-5H3/t15-,16+/m0/s1. The topological polar surface area (TPSA) is 49.3 Å². The van der Waals surface area contributed by atoms with E-state index in [4.69, 9.17) is 9.97 Å². The molecule has 0 aromatic carbocycles. The number of carbonyl (C=O) groups is 1. The van der Waals surface area contributed by atoms with Crippen LogP contribution in [-0.4, -0.2) is 47.0 Å². The summed E-state index contributed by atoms with van der Waals surface area (Å²) in [5.74, 6) is 3.54. The second-order valence-electron chi connectivity index (χ2n) is 9.21. The molecular formula is C23H34N4OS. The van der Waals surface area contributed by atoms with Crippen molar-refractivity contribution >= 4 is 33.3 Å². The van der Waals surface area contributed by atoms with Crippen molar-refractivity contribution in [3.8, 4) is 0 Å². The molecule has 158 valence electrons. The zero-order valence-electron chi connectivity index (χ0n) is 18.5. The summed E-state index contributed by atoms with van der Waals surface area (Å²) >= 11 is 1.89. The first-order valence-electron chi connectivity index (χ1n) is 11.2. The van der Waals surface area contributed by atoms with Gasteiger partial charge in [0, 0.05) is 42.9 Å². The quantitative estimate of drug-likeness (QED) is 0.732. The summed E-state index contributed by atoms with van der Waals surface area (Å²) in [5, 5.41) is 1.30. The minimum Gasteiger partial charge on any atom is -0.352 e. The van der Waals surface area contributed by atoms with E-state index in [2.05, 4.69) is 25.7 Å².